The number of carboxylic acids is 1. The topological polar surface area (TPSA) is 40.5 Å². The molecule has 18 heavy (non-hydrogen) atoms. The molecule has 1 aromatic carbocycles. The normalized spacial score (nSPS) is 21.3. The van der Waals surface area contributed by atoms with E-state index in [0.717, 1.165) is 18.4 Å². The van der Waals surface area contributed by atoms with E-state index in [4.69, 9.17) is 5.11 Å². The van der Waals surface area contributed by atoms with E-state index < -0.39 is 5.97 Å². The van der Waals surface area contributed by atoms with E-state index in [2.05, 4.69) is 4.90 Å². The number of benzene rings is 1. The Bertz CT molecular complexity index is 430. The van der Waals surface area contributed by atoms with Crippen molar-refractivity contribution in [1.82, 2.24) is 4.90 Å². The molecule has 1 aliphatic carbocycles. The van der Waals surface area contributed by atoms with Crippen LogP contribution in [0.2, 0.25) is 0 Å². The molecule has 0 spiro atoms. The van der Waals surface area contributed by atoms with E-state index in [1.165, 1.54) is 37.9 Å². The molecule has 1 aliphatic heterocycles. The lowest BCUT2D eigenvalue weighted by molar-refractivity contribution is 0.0211. The van der Waals surface area contributed by atoms with Crippen LogP contribution in [0.1, 0.15) is 35.2 Å². The molecule has 1 N–H and O–H groups in total. The van der Waals surface area contributed by atoms with Crippen molar-refractivity contribution in [1.29, 1.82) is 0 Å². The van der Waals surface area contributed by atoms with Crippen molar-refractivity contribution in [2.45, 2.75) is 25.8 Å². The largest absolute Gasteiger partial charge is 0.478 e. The number of hydrogen-bond acceptors (Lipinski definition) is 2. The highest BCUT2D eigenvalue weighted by atomic mass is 16.4. The number of aromatic carboxylic acids is 1. The summed E-state index contributed by atoms with van der Waals surface area (Å²) in [5.74, 6) is 1.07. The highest BCUT2D eigenvalue weighted by Crippen LogP contribution is 2.38. The number of carboxylic acid groups (broad SMARTS) is 1. The standard InChI is InChI=1S/C15H19NO2/c17-15(18)13-6-4-11(5-7-13)8-16-9-14(10-16)12-2-1-3-12/h4-7,12,14H,1-3,8-10H2,(H,17,18). The molecule has 3 nitrogen and oxygen atoms in total. The van der Waals surface area contributed by atoms with E-state index in [-0.39, 0.29) is 0 Å². The van der Waals surface area contributed by atoms with Crippen LogP contribution in [-0.4, -0.2) is 29.1 Å². The van der Waals surface area contributed by atoms with Gasteiger partial charge in [-0.1, -0.05) is 31.4 Å². The molecule has 3 rings (SSSR count). The molecule has 1 saturated heterocycles. The van der Waals surface area contributed by atoms with Gasteiger partial charge >= 0.3 is 5.97 Å². The van der Waals surface area contributed by atoms with Crippen molar-refractivity contribution < 1.29 is 9.90 Å². The lowest BCUT2D eigenvalue weighted by Gasteiger charge is -2.46. The summed E-state index contributed by atoms with van der Waals surface area (Å²) in [5.41, 5.74) is 1.58. The molecule has 0 unspecified atom stereocenters. The fourth-order valence-corrected chi connectivity index (χ4v) is 2.96. The SMILES string of the molecule is O=C(O)c1ccc(CN2CC(C3CCC3)C2)cc1. The molecule has 0 bridgehead atoms. The monoisotopic (exact) mass is 245 g/mol. The zero-order valence-corrected chi connectivity index (χ0v) is 10.5. The van der Waals surface area contributed by atoms with Gasteiger partial charge in [-0.05, 0) is 29.5 Å². The lowest BCUT2D eigenvalue weighted by atomic mass is 9.72. The molecule has 0 aromatic heterocycles. The van der Waals surface area contributed by atoms with Crippen LogP contribution in [0, 0.1) is 11.8 Å². The average molecular weight is 245 g/mol. The van der Waals surface area contributed by atoms with E-state index in [1.807, 2.05) is 12.1 Å². The van der Waals surface area contributed by atoms with E-state index in [9.17, 15) is 4.79 Å². The highest BCUT2D eigenvalue weighted by molar-refractivity contribution is 5.87. The second-order valence-corrected chi connectivity index (χ2v) is 5.65. The third-order valence-corrected chi connectivity index (χ3v) is 4.41. The summed E-state index contributed by atoms with van der Waals surface area (Å²) < 4.78 is 0. The molecule has 0 atom stereocenters. The first-order valence-electron chi connectivity index (χ1n) is 6.77. The van der Waals surface area contributed by atoms with Gasteiger partial charge in [-0.3, -0.25) is 4.90 Å². The van der Waals surface area contributed by atoms with E-state index in [1.54, 1.807) is 12.1 Å². The van der Waals surface area contributed by atoms with Crippen molar-refractivity contribution in [2.75, 3.05) is 13.1 Å². The summed E-state index contributed by atoms with van der Waals surface area (Å²) in [6, 6.07) is 7.25. The van der Waals surface area contributed by atoms with Crippen LogP contribution in [-0.2, 0) is 6.54 Å². The molecule has 0 radical (unpaired) electrons. The number of likely N-dealkylation sites (tertiary alicyclic amines) is 1. The Hall–Kier alpha value is -1.35. The van der Waals surface area contributed by atoms with Crippen LogP contribution >= 0.6 is 0 Å². The number of rotatable bonds is 4. The summed E-state index contributed by atoms with van der Waals surface area (Å²) in [7, 11) is 0. The Kier molecular flexibility index (Phi) is 3.08. The molecular formula is C15H19NO2. The minimum Gasteiger partial charge on any atom is -0.478 e. The van der Waals surface area contributed by atoms with E-state index in [0.29, 0.717) is 5.56 Å². The van der Waals surface area contributed by atoms with Gasteiger partial charge in [0.05, 0.1) is 5.56 Å². The Morgan fingerprint density at radius 1 is 1.17 bits per heavy atom. The molecule has 2 fully saturated rings. The maximum Gasteiger partial charge on any atom is 0.335 e. The first kappa shape index (κ1) is 11.7. The maximum absolute atomic E-state index is 10.7. The second kappa shape index (κ2) is 4.73. The van der Waals surface area contributed by atoms with Gasteiger partial charge in [0.1, 0.15) is 0 Å². The quantitative estimate of drug-likeness (QED) is 0.886. The van der Waals surface area contributed by atoms with Crippen LogP contribution in [0.25, 0.3) is 0 Å². The van der Waals surface area contributed by atoms with E-state index >= 15 is 0 Å². The summed E-state index contributed by atoms with van der Waals surface area (Å²) in [5, 5.41) is 8.83. The Labute approximate surface area is 107 Å². The van der Waals surface area contributed by atoms with Crippen LogP contribution in [0.4, 0.5) is 0 Å². The van der Waals surface area contributed by atoms with Crippen molar-refractivity contribution in [3.05, 3.63) is 35.4 Å². The average Bonchev–Trinajstić information content (AvgIpc) is 2.24. The Balaban J connectivity index is 1.50. The van der Waals surface area contributed by atoms with Gasteiger partial charge in [-0.2, -0.15) is 0 Å². The van der Waals surface area contributed by atoms with Crippen molar-refractivity contribution >= 4 is 5.97 Å². The van der Waals surface area contributed by atoms with Crippen LogP contribution in [0.15, 0.2) is 24.3 Å². The van der Waals surface area contributed by atoms with Crippen LogP contribution in [0.5, 0.6) is 0 Å². The Morgan fingerprint density at radius 3 is 2.33 bits per heavy atom. The molecule has 2 aliphatic rings. The third kappa shape index (κ3) is 2.27. The number of nitrogens with zero attached hydrogens (tertiary/aromatic N) is 1. The fourth-order valence-electron chi connectivity index (χ4n) is 2.96. The first-order chi connectivity index (χ1) is 8.72. The zero-order chi connectivity index (χ0) is 12.5. The molecule has 0 amide bonds. The fraction of sp³-hybridized carbons (Fsp3) is 0.533. The Morgan fingerprint density at radius 2 is 1.83 bits per heavy atom. The molecular weight excluding hydrogens is 226 g/mol. The maximum atomic E-state index is 10.7. The minimum atomic E-state index is -0.851. The van der Waals surface area contributed by atoms with Crippen molar-refractivity contribution in [3.63, 3.8) is 0 Å². The smallest absolute Gasteiger partial charge is 0.335 e. The highest BCUT2D eigenvalue weighted by Gasteiger charge is 2.35. The second-order valence-electron chi connectivity index (χ2n) is 5.65. The summed E-state index contributed by atoms with van der Waals surface area (Å²) in [6.45, 7) is 3.42. The predicted octanol–water partition coefficient (Wildman–Crippen LogP) is 2.62. The number of hydrogen-bond donors (Lipinski definition) is 1. The molecule has 3 heteroatoms. The summed E-state index contributed by atoms with van der Waals surface area (Å²) in [6.07, 6.45) is 4.30. The molecule has 96 valence electrons. The van der Waals surface area contributed by atoms with Gasteiger partial charge < -0.3 is 5.11 Å². The molecule has 1 heterocycles. The van der Waals surface area contributed by atoms with Crippen molar-refractivity contribution in [2.24, 2.45) is 11.8 Å². The molecule has 1 saturated carbocycles. The first-order valence-corrected chi connectivity index (χ1v) is 6.77. The van der Waals surface area contributed by atoms with Crippen molar-refractivity contribution in [3.8, 4) is 0 Å². The van der Waals surface area contributed by atoms with Crippen LogP contribution in [0.3, 0.4) is 0 Å². The van der Waals surface area contributed by atoms with Gasteiger partial charge in [-0.25, -0.2) is 4.79 Å². The predicted molar refractivity (Wildman–Crippen MR) is 69.5 cm³/mol. The zero-order valence-electron chi connectivity index (χ0n) is 10.5. The number of carbonyl (C=O) groups is 1. The molecule has 1 aromatic rings. The lowest BCUT2D eigenvalue weighted by Crippen LogP contribution is -2.50. The van der Waals surface area contributed by atoms with Crippen LogP contribution < -0.4 is 0 Å². The van der Waals surface area contributed by atoms with Gasteiger partial charge in [0.2, 0.25) is 0 Å². The van der Waals surface area contributed by atoms with Gasteiger partial charge in [0.25, 0.3) is 0 Å². The van der Waals surface area contributed by atoms with Gasteiger partial charge in [0, 0.05) is 19.6 Å². The summed E-state index contributed by atoms with van der Waals surface area (Å²) >= 11 is 0. The third-order valence-electron chi connectivity index (χ3n) is 4.41. The van der Waals surface area contributed by atoms with Gasteiger partial charge in [0.15, 0.2) is 0 Å². The van der Waals surface area contributed by atoms with Gasteiger partial charge in [-0.15, -0.1) is 0 Å². The summed E-state index contributed by atoms with van der Waals surface area (Å²) in [4.78, 5) is 13.2. The minimum absolute atomic E-state index is 0.370.